The van der Waals surface area contributed by atoms with Gasteiger partial charge < -0.3 is 10.0 Å². The van der Waals surface area contributed by atoms with E-state index in [9.17, 15) is 9.90 Å². The molecule has 0 spiro atoms. The molecule has 0 aliphatic carbocycles. The molecule has 0 saturated carbocycles. The van der Waals surface area contributed by atoms with E-state index in [1.807, 2.05) is 20.8 Å². The summed E-state index contributed by atoms with van der Waals surface area (Å²) in [6.07, 6.45) is 4.65. The van der Waals surface area contributed by atoms with Crippen molar-refractivity contribution in [3.63, 3.8) is 0 Å². The van der Waals surface area contributed by atoms with Gasteiger partial charge in [-0.3, -0.25) is 4.79 Å². The fourth-order valence-electron chi connectivity index (χ4n) is 2.42. The quantitative estimate of drug-likeness (QED) is 0.802. The summed E-state index contributed by atoms with van der Waals surface area (Å²) in [6.45, 7) is 9.28. The molecule has 94 valence electrons. The zero-order chi connectivity index (χ0) is 12.2. The molecule has 1 heterocycles. The molecule has 0 amide bonds. The van der Waals surface area contributed by atoms with Gasteiger partial charge in [-0.05, 0) is 44.3 Å². The van der Waals surface area contributed by atoms with Gasteiger partial charge in [-0.1, -0.05) is 27.2 Å². The molecule has 1 aliphatic rings. The molecule has 16 heavy (non-hydrogen) atoms. The summed E-state index contributed by atoms with van der Waals surface area (Å²) in [5, 5.41) is 9.22. The topological polar surface area (TPSA) is 40.5 Å². The molecule has 1 unspecified atom stereocenters. The lowest BCUT2D eigenvalue weighted by Crippen LogP contribution is -2.36. The largest absolute Gasteiger partial charge is 0.481 e. The smallest absolute Gasteiger partial charge is 0.307 e. The minimum atomic E-state index is -0.649. The van der Waals surface area contributed by atoms with Crippen molar-refractivity contribution in [2.75, 3.05) is 19.6 Å². The summed E-state index contributed by atoms with van der Waals surface area (Å²) in [4.78, 5) is 13.6. The highest BCUT2D eigenvalue weighted by atomic mass is 16.4. The van der Waals surface area contributed by atoms with Crippen molar-refractivity contribution in [3.8, 4) is 0 Å². The molecule has 0 radical (unpaired) electrons. The number of likely N-dealkylation sites (tertiary alicyclic amines) is 1. The van der Waals surface area contributed by atoms with Crippen molar-refractivity contribution in [1.82, 2.24) is 4.90 Å². The van der Waals surface area contributed by atoms with Gasteiger partial charge in [-0.2, -0.15) is 0 Å². The molecule has 0 aromatic carbocycles. The molecular formula is C13H25NO2. The Bertz CT molecular complexity index is 227. The van der Waals surface area contributed by atoms with E-state index in [1.54, 1.807) is 0 Å². The van der Waals surface area contributed by atoms with E-state index in [4.69, 9.17) is 0 Å². The number of carbonyl (C=O) groups is 1. The minimum Gasteiger partial charge on any atom is -0.481 e. The Balaban J connectivity index is 2.40. The lowest BCUT2D eigenvalue weighted by molar-refractivity contribution is -0.146. The molecule has 3 heteroatoms. The van der Waals surface area contributed by atoms with Crippen LogP contribution in [0, 0.1) is 11.3 Å². The van der Waals surface area contributed by atoms with Crippen LogP contribution in [0.1, 0.15) is 46.5 Å². The maximum Gasteiger partial charge on any atom is 0.307 e. The zero-order valence-corrected chi connectivity index (χ0v) is 10.8. The lowest BCUT2D eigenvalue weighted by atomic mass is 9.78. The third kappa shape index (κ3) is 4.12. The van der Waals surface area contributed by atoms with Crippen molar-refractivity contribution < 1.29 is 9.90 Å². The van der Waals surface area contributed by atoms with Gasteiger partial charge in [0.25, 0.3) is 0 Å². The van der Waals surface area contributed by atoms with E-state index in [-0.39, 0.29) is 11.3 Å². The van der Waals surface area contributed by atoms with Gasteiger partial charge in [-0.15, -0.1) is 0 Å². The minimum absolute atomic E-state index is 0.137. The predicted octanol–water partition coefficient (Wildman–Crippen LogP) is 2.61. The van der Waals surface area contributed by atoms with E-state index >= 15 is 0 Å². The van der Waals surface area contributed by atoms with E-state index in [0.29, 0.717) is 0 Å². The van der Waals surface area contributed by atoms with Crippen LogP contribution < -0.4 is 0 Å². The fraction of sp³-hybridized carbons (Fsp3) is 0.923. The Hall–Kier alpha value is -0.570. The maximum absolute atomic E-state index is 11.2. The van der Waals surface area contributed by atoms with Crippen LogP contribution in [0.2, 0.25) is 0 Å². The number of piperidine rings is 1. The monoisotopic (exact) mass is 227 g/mol. The van der Waals surface area contributed by atoms with Crippen molar-refractivity contribution >= 4 is 5.97 Å². The fourth-order valence-corrected chi connectivity index (χ4v) is 2.42. The molecule has 1 atom stereocenters. The first-order chi connectivity index (χ1) is 7.41. The average Bonchev–Trinajstić information content (AvgIpc) is 2.17. The summed E-state index contributed by atoms with van der Waals surface area (Å²) >= 11 is 0. The molecule has 1 N–H and O–H groups in total. The molecular weight excluding hydrogens is 202 g/mol. The van der Waals surface area contributed by atoms with Crippen LogP contribution in [-0.2, 0) is 4.79 Å². The first-order valence-corrected chi connectivity index (χ1v) is 6.36. The lowest BCUT2D eigenvalue weighted by Gasteiger charge is -2.31. The second-order valence-electron chi connectivity index (χ2n) is 5.95. The number of rotatable bonds is 4. The molecule has 1 aliphatic heterocycles. The first kappa shape index (κ1) is 13.5. The standard InChI is InChI=1S/C13H25NO2/c1-13(2,3)11(12(15)16)7-10-14-8-5-4-6-9-14/h11H,4-10H2,1-3H3,(H,15,16). The highest BCUT2D eigenvalue weighted by Crippen LogP contribution is 2.29. The number of aliphatic carboxylic acids is 1. The first-order valence-electron chi connectivity index (χ1n) is 6.36. The Morgan fingerprint density at radius 1 is 1.25 bits per heavy atom. The molecule has 0 bridgehead atoms. The van der Waals surface area contributed by atoms with Crippen LogP contribution in [0.3, 0.4) is 0 Å². The van der Waals surface area contributed by atoms with Crippen molar-refractivity contribution in [1.29, 1.82) is 0 Å². The van der Waals surface area contributed by atoms with Crippen LogP contribution in [-0.4, -0.2) is 35.6 Å². The van der Waals surface area contributed by atoms with Crippen molar-refractivity contribution in [2.24, 2.45) is 11.3 Å². The molecule has 1 saturated heterocycles. The average molecular weight is 227 g/mol. The molecule has 1 fully saturated rings. The highest BCUT2D eigenvalue weighted by Gasteiger charge is 2.31. The van der Waals surface area contributed by atoms with Gasteiger partial charge in [-0.25, -0.2) is 0 Å². The highest BCUT2D eigenvalue weighted by molar-refractivity contribution is 5.70. The second kappa shape index (κ2) is 5.67. The maximum atomic E-state index is 11.2. The molecule has 0 aromatic rings. The third-order valence-corrected chi connectivity index (χ3v) is 3.53. The molecule has 1 rings (SSSR count). The van der Waals surface area contributed by atoms with E-state index in [0.717, 1.165) is 26.1 Å². The van der Waals surface area contributed by atoms with Gasteiger partial charge in [0.1, 0.15) is 0 Å². The van der Waals surface area contributed by atoms with Crippen LogP contribution in [0.4, 0.5) is 0 Å². The van der Waals surface area contributed by atoms with Crippen LogP contribution >= 0.6 is 0 Å². The Kier molecular flexibility index (Phi) is 4.78. The SMILES string of the molecule is CC(C)(C)C(CCN1CCCCC1)C(=O)O. The second-order valence-corrected chi connectivity index (χ2v) is 5.95. The zero-order valence-electron chi connectivity index (χ0n) is 10.8. The number of hydrogen-bond donors (Lipinski definition) is 1. The van der Waals surface area contributed by atoms with Crippen molar-refractivity contribution in [3.05, 3.63) is 0 Å². The van der Waals surface area contributed by atoms with Gasteiger partial charge in [0.05, 0.1) is 5.92 Å². The molecule has 0 aromatic heterocycles. The number of carboxylic acid groups (broad SMARTS) is 1. The van der Waals surface area contributed by atoms with Crippen molar-refractivity contribution in [2.45, 2.75) is 46.5 Å². The Morgan fingerprint density at radius 2 is 1.81 bits per heavy atom. The van der Waals surface area contributed by atoms with Crippen LogP contribution in [0.15, 0.2) is 0 Å². The normalized spacial score (nSPS) is 20.7. The summed E-state index contributed by atoms with van der Waals surface area (Å²) in [5.74, 6) is -0.876. The van der Waals surface area contributed by atoms with Gasteiger partial charge in [0.15, 0.2) is 0 Å². The predicted molar refractivity (Wildman–Crippen MR) is 65.5 cm³/mol. The van der Waals surface area contributed by atoms with Crippen LogP contribution in [0.25, 0.3) is 0 Å². The number of hydrogen-bond acceptors (Lipinski definition) is 2. The number of carboxylic acids is 1. The van der Waals surface area contributed by atoms with E-state index in [2.05, 4.69) is 4.90 Å². The summed E-state index contributed by atoms with van der Waals surface area (Å²) in [5.41, 5.74) is -0.137. The van der Waals surface area contributed by atoms with Crippen LogP contribution in [0.5, 0.6) is 0 Å². The summed E-state index contributed by atoms with van der Waals surface area (Å²) in [6, 6.07) is 0. The summed E-state index contributed by atoms with van der Waals surface area (Å²) in [7, 11) is 0. The summed E-state index contributed by atoms with van der Waals surface area (Å²) < 4.78 is 0. The number of nitrogens with zero attached hydrogens (tertiary/aromatic N) is 1. The van der Waals surface area contributed by atoms with Gasteiger partial charge >= 0.3 is 5.97 Å². The van der Waals surface area contributed by atoms with Gasteiger partial charge in [0.2, 0.25) is 0 Å². The third-order valence-electron chi connectivity index (χ3n) is 3.53. The molecule has 3 nitrogen and oxygen atoms in total. The van der Waals surface area contributed by atoms with E-state index in [1.165, 1.54) is 19.3 Å². The van der Waals surface area contributed by atoms with Gasteiger partial charge in [0, 0.05) is 0 Å². The Morgan fingerprint density at radius 3 is 2.25 bits per heavy atom. The Labute approximate surface area is 98.8 Å². The van der Waals surface area contributed by atoms with E-state index < -0.39 is 5.97 Å².